The maximum absolute atomic E-state index is 10.3. The third-order valence-electron chi connectivity index (χ3n) is 5.16. The van der Waals surface area contributed by atoms with Gasteiger partial charge in [0.1, 0.15) is 0 Å². The smallest absolute Gasteiger partial charge is 0.204 e. The van der Waals surface area contributed by atoms with E-state index in [0.717, 1.165) is 23.1 Å². The number of benzene rings is 3. The number of tetrazole rings is 1. The van der Waals surface area contributed by atoms with Crippen molar-refractivity contribution in [1.82, 2.24) is 25.9 Å². The van der Waals surface area contributed by atoms with Crippen molar-refractivity contribution in [3.63, 3.8) is 0 Å². The van der Waals surface area contributed by atoms with Gasteiger partial charge in [-0.2, -0.15) is 5.21 Å². The maximum atomic E-state index is 10.3. The number of hydrogen-bond acceptors (Lipinski definition) is 5. The third-order valence-corrected chi connectivity index (χ3v) is 5.16. The van der Waals surface area contributed by atoms with Gasteiger partial charge >= 0.3 is 0 Å². The van der Waals surface area contributed by atoms with Crippen molar-refractivity contribution in [2.45, 2.75) is 25.5 Å². The van der Waals surface area contributed by atoms with Crippen LogP contribution in [0.15, 0.2) is 78.9 Å². The zero-order chi connectivity index (χ0) is 20.8. The minimum atomic E-state index is -0.494. The molecule has 3 N–H and O–H groups in total. The summed E-state index contributed by atoms with van der Waals surface area (Å²) in [7, 11) is 0. The maximum Gasteiger partial charge on any atom is 0.204 e. The minimum Gasteiger partial charge on any atom is -0.387 e. The number of H-pyrrole nitrogens is 1. The van der Waals surface area contributed by atoms with E-state index in [0.29, 0.717) is 12.4 Å². The zero-order valence-corrected chi connectivity index (χ0v) is 16.9. The highest BCUT2D eigenvalue weighted by atomic mass is 16.3. The van der Waals surface area contributed by atoms with Gasteiger partial charge in [0, 0.05) is 18.2 Å². The van der Waals surface area contributed by atoms with Gasteiger partial charge in [0.05, 0.1) is 6.10 Å². The Balaban J connectivity index is 1.32. The van der Waals surface area contributed by atoms with Crippen molar-refractivity contribution in [2.24, 2.45) is 0 Å². The van der Waals surface area contributed by atoms with Crippen LogP contribution in [0.3, 0.4) is 0 Å². The van der Waals surface area contributed by atoms with Gasteiger partial charge in [-0.05, 0) is 40.8 Å². The Morgan fingerprint density at radius 2 is 1.50 bits per heavy atom. The molecular formula is C24H25N5O. The average Bonchev–Trinajstić information content (AvgIpc) is 3.34. The molecule has 6 nitrogen and oxygen atoms in total. The summed E-state index contributed by atoms with van der Waals surface area (Å²) in [5.74, 6) is 0.593. The summed E-state index contributed by atoms with van der Waals surface area (Å²) in [5.41, 5.74) is 5.44. The summed E-state index contributed by atoms with van der Waals surface area (Å²) in [4.78, 5) is 0. The predicted octanol–water partition coefficient (Wildman–Crippen LogP) is 3.79. The van der Waals surface area contributed by atoms with E-state index in [2.05, 4.69) is 69.3 Å². The van der Waals surface area contributed by atoms with E-state index in [4.69, 9.17) is 0 Å². The van der Waals surface area contributed by atoms with E-state index in [9.17, 15) is 5.11 Å². The van der Waals surface area contributed by atoms with Crippen LogP contribution in [-0.4, -0.2) is 38.3 Å². The van der Waals surface area contributed by atoms with Crippen LogP contribution in [0, 0.1) is 0 Å². The van der Waals surface area contributed by atoms with Crippen LogP contribution in [-0.2, 0) is 6.42 Å². The molecule has 0 saturated heterocycles. The molecule has 152 valence electrons. The van der Waals surface area contributed by atoms with Crippen molar-refractivity contribution in [2.75, 3.05) is 6.54 Å². The second-order valence-electron chi connectivity index (χ2n) is 7.45. The summed E-state index contributed by atoms with van der Waals surface area (Å²) in [6, 6.07) is 26.7. The molecule has 2 atom stereocenters. The second kappa shape index (κ2) is 9.43. The highest BCUT2D eigenvalue weighted by Gasteiger charge is 2.10. The minimum absolute atomic E-state index is 0.267. The molecule has 4 rings (SSSR count). The number of aromatic amines is 1. The monoisotopic (exact) mass is 399 g/mol. The van der Waals surface area contributed by atoms with Crippen LogP contribution in [0.25, 0.3) is 22.5 Å². The fourth-order valence-corrected chi connectivity index (χ4v) is 3.46. The van der Waals surface area contributed by atoms with Gasteiger partial charge in [0.15, 0.2) is 0 Å². The molecule has 0 aliphatic rings. The van der Waals surface area contributed by atoms with Gasteiger partial charge in [-0.3, -0.25) is 0 Å². The highest BCUT2D eigenvalue weighted by Crippen LogP contribution is 2.23. The van der Waals surface area contributed by atoms with Crippen LogP contribution in [0.2, 0.25) is 0 Å². The summed E-state index contributed by atoms with van der Waals surface area (Å²) < 4.78 is 0. The standard InChI is InChI=1S/C24H25N5O/c1-17(25-16-23(30)21-5-3-2-4-6-21)15-18-7-9-19(10-8-18)20-11-13-22(14-12-20)24-26-28-29-27-24/h2-14,17,23,25,30H,15-16H2,1H3,(H,26,27,28,29)/t17-,23+/m1/s1. The zero-order valence-electron chi connectivity index (χ0n) is 16.9. The van der Waals surface area contributed by atoms with Crippen molar-refractivity contribution in [3.05, 3.63) is 90.0 Å². The summed E-state index contributed by atoms with van der Waals surface area (Å²) in [6.45, 7) is 2.68. The largest absolute Gasteiger partial charge is 0.387 e. The van der Waals surface area contributed by atoms with E-state index in [1.807, 2.05) is 42.5 Å². The Bertz CT molecular complexity index is 1030. The Hall–Kier alpha value is -3.35. The molecule has 1 aromatic heterocycles. The van der Waals surface area contributed by atoms with E-state index >= 15 is 0 Å². The van der Waals surface area contributed by atoms with Gasteiger partial charge in [0.25, 0.3) is 0 Å². The van der Waals surface area contributed by atoms with Gasteiger partial charge in [0.2, 0.25) is 5.82 Å². The Kier molecular flexibility index (Phi) is 6.27. The van der Waals surface area contributed by atoms with Crippen molar-refractivity contribution >= 4 is 0 Å². The van der Waals surface area contributed by atoms with E-state index in [1.54, 1.807) is 0 Å². The molecule has 0 aliphatic heterocycles. The summed E-state index contributed by atoms with van der Waals surface area (Å²) in [6.07, 6.45) is 0.407. The highest BCUT2D eigenvalue weighted by molar-refractivity contribution is 5.67. The fourth-order valence-electron chi connectivity index (χ4n) is 3.46. The molecule has 3 aromatic carbocycles. The Morgan fingerprint density at radius 1 is 0.867 bits per heavy atom. The topological polar surface area (TPSA) is 86.7 Å². The quantitative estimate of drug-likeness (QED) is 0.420. The number of aliphatic hydroxyl groups excluding tert-OH is 1. The molecular weight excluding hydrogens is 374 g/mol. The molecule has 0 spiro atoms. The lowest BCUT2D eigenvalue weighted by Gasteiger charge is -2.17. The van der Waals surface area contributed by atoms with Crippen LogP contribution in [0.4, 0.5) is 0 Å². The summed E-state index contributed by atoms with van der Waals surface area (Å²) >= 11 is 0. The van der Waals surface area contributed by atoms with Crippen LogP contribution < -0.4 is 5.32 Å². The number of nitrogens with one attached hydrogen (secondary N) is 2. The van der Waals surface area contributed by atoms with E-state index in [-0.39, 0.29) is 6.04 Å². The van der Waals surface area contributed by atoms with Gasteiger partial charge < -0.3 is 10.4 Å². The molecule has 0 radical (unpaired) electrons. The number of hydrogen-bond donors (Lipinski definition) is 3. The van der Waals surface area contributed by atoms with Crippen LogP contribution in [0.1, 0.15) is 24.2 Å². The van der Waals surface area contributed by atoms with Gasteiger partial charge in [-0.1, -0.05) is 78.9 Å². The van der Waals surface area contributed by atoms with Gasteiger partial charge in [-0.15, -0.1) is 10.2 Å². The van der Waals surface area contributed by atoms with E-state index < -0.39 is 6.10 Å². The number of nitrogens with zero attached hydrogens (tertiary/aromatic N) is 3. The van der Waals surface area contributed by atoms with Gasteiger partial charge in [-0.25, -0.2) is 0 Å². The first kappa shape index (κ1) is 19.9. The van der Waals surface area contributed by atoms with Crippen LogP contribution in [0.5, 0.6) is 0 Å². The first-order valence-corrected chi connectivity index (χ1v) is 10.1. The lowest BCUT2D eigenvalue weighted by molar-refractivity contribution is 0.170. The average molecular weight is 399 g/mol. The fraction of sp³-hybridized carbons (Fsp3) is 0.208. The number of rotatable bonds is 8. The molecule has 0 unspecified atom stereocenters. The molecule has 0 aliphatic carbocycles. The third kappa shape index (κ3) is 4.97. The van der Waals surface area contributed by atoms with Crippen LogP contribution >= 0.6 is 0 Å². The lowest BCUT2D eigenvalue weighted by Crippen LogP contribution is -2.32. The molecule has 6 heteroatoms. The molecule has 1 heterocycles. The molecule has 0 bridgehead atoms. The first-order chi connectivity index (χ1) is 14.7. The molecule has 0 fully saturated rings. The Morgan fingerprint density at radius 3 is 2.13 bits per heavy atom. The summed E-state index contributed by atoms with van der Waals surface area (Å²) in [5, 5.41) is 27.8. The van der Waals surface area contributed by atoms with E-state index in [1.165, 1.54) is 11.1 Å². The molecule has 4 aromatic rings. The van der Waals surface area contributed by atoms with Crippen molar-refractivity contribution < 1.29 is 5.11 Å². The lowest BCUT2D eigenvalue weighted by atomic mass is 10.00. The molecule has 0 amide bonds. The molecule has 0 saturated carbocycles. The first-order valence-electron chi connectivity index (χ1n) is 10.1. The number of aromatic nitrogens is 4. The molecule has 30 heavy (non-hydrogen) atoms. The Labute approximate surface area is 176 Å². The van der Waals surface area contributed by atoms with Crippen molar-refractivity contribution in [3.8, 4) is 22.5 Å². The second-order valence-corrected chi connectivity index (χ2v) is 7.45. The SMILES string of the molecule is C[C@H](Cc1ccc(-c2ccc(-c3nn[nH]n3)cc2)cc1)NC[C@H](O)c1ccccc1. The normalized spacial score (nSPS) is 13.1. The van der Waals surface area contributed by atoms with Crippen molar-refractivity contribution in [1.29, 1.82) is 0 Å². The predicted molar refractivity (Wildman–Crippen MR) is 118 cm³/mol. The number of aliphatic hydroxyl groups is 1.